The number of nitrogens with zero attached hydrogens (tertiary/aromatic N) is 2. The number of aliphatic imine (C=N–C) groups is 1. The molecule has 0 saturated heterocycles. The van der Waals surface area contributed by atoms with Crippen LogP contribution in [0, 0.1) is 0 Å². The van der Waals surface area contributed by atoms with Crippen LogP contribution in [0.3, 0.4) is 0 Å². The average molecular weight is 330 g/mol. The van der Waals surface area contributed by atoms with Gasteiger partial charge in [0, 0.05) is 31.9 Å². The van der Waals surface area contributed by atoms with Gasteiger partial charge < -0.3 is 15.5 Å². The minimum absolute atomic E-state index is 0.121. The summed E-state index contributed by atoms with van der Waals surface area (Å²) in [6.45, 7) is 4.79. The van der Waals surface area contributed by atoms with Crippen molar-refractivity contribution in [2.24, 2.45) is 4.99 Å². The first-order chi connectivity index (χ1) is 10.8. The van der Waals surface area contributed by atoms with Gasteiger partial charge in [-0.2, -0.15) is 13.2 Å². The van der Waals surface area contributed by atoms with Crippen molar-refractivity contribution in [2.75, 3.05) is 31.6 Å². The highest BCUT2D eigenvalue weighted by atomic mass is 19.4. The fourth-order valence-electron chi connectivity index (χ4n) is 1.93. The van der Waals surface area contributed by atoms with Crippen molar-refractivity contribution in [3.8, 4) is 0 Å². The number of para-hydroxylation sites is 1. The van der Waals surface area contributed by atoms with Gasteiger partial charge in [-0.1, -0.05) is 18.2 Å². The Morgan fingerprint density at radius 2 is 1.87 bits per heavy atom. The molecule has 0 heterocycles. The number of halogens is 3. The summed E-state index contributed by atoms with van der Waals surface area (Å²) in [5.41, 5.74) is 1.07. The number of rotatable bonds is 7. The molecular formula is C16H25F3N4. The van der Waals surface area contributed by atoms with E-state index in [1.54, 1.807) is 0 Å². The van der Waals surface area contributed by atoms with Gasteiger partial charge in [0.2, 0.25) is 0 Å². The summed E-state index contributed by atoms with van der Waals surface area (Å²) in [5, 5.41) is 5.67. The van der Waals surface area contributed by atoms with Gasteiger partial charge in [0.1, 0.15) is 0 Å². The van der Waals surface area contributed by atoms with Crippen molar-refractivity contribution in [1.82, 2.24) is 10.6 Å². The summed E-state index contributed by atoms with van der Waals surface area (Å²) in [6.07, 6.45) is -5.04. The maximum Gasteiger partial charge on any atom is 0.390 e. The molecule has 130 valence electrons. The number of likely N-dealkylation sites (N-methyl/N-ethyl adjacent to an activating group) is 1. The predicted octanol–water partition coefficient (Wildman–Crippen LogP) is 3.02. The van der Waals surface area contributed by atoms with Crippen LogP contribution in [0.2, 0.25) is 0 Å². The van der Waals surface area contributed by atoms with Crippen LogP contribution in [0.25, 0.3) is 0 Å². The molecule has 0 fully saturated rings. The second kappa shape index (κ2) is 9.27. The molecule has 23 heavy (non-hydrogen) atoms. The Labute approximate surface area is 135 Å². The van der Waals surface area contributed by atoms with Gasteiger partial charge in [-0.05, 0) is 26.0 Å². The highest BCUT2D eigenvalue weighted by Gasteiger charge is 2.26. The lowest BCUT2D eigenvalue weighted by Gasteiger charge is -2.26. The predicted molar refractivity (Wildman–Crippen MR) is 89.0 cm³/mol. The fraction of sp³-hybridized carbons (Fsp3) is 0.562. The Morgan fingerprint density at radius 3 is 2.43 bits per heavy atom. The van der Waals surface area contributed by atoms with Gasteiger partial charge in [-0.15, -0.1) is 0 Å². The van der Waals surface area contributed by atoms with Crippen LogP contribution in [-0.2, 0) is 0 Å². The van der Waals surface area contributed by atoms with Crippen LogP contribution in [0.4, 0.5) is 18.9 Å². The number of hydrogen-bond donors (Lipinski definition) is 2. The van der Waals surface area contributed by atoms with E-state index in [1.807, 2.05) is 51.2 Å². The molecule has 0 aliphatic carbocycles. The average Bonchev–Trinajstić information content (AvgIpc) is 2.51. The molecule has 1 aromatic carbocycles. The summed E-state index contributed by atoms with van der Waals surface area (Å²) in [7, 11) is 1.97. The molecule has 1 atom stereocenters. The van der Waals surface area contributed by atoms with E-state index in [9.17, 15) is 13.2 Å². The largest absolute Gasteiger partial charge is 0.390 e. The van der Waals surface area contributed by atoms with E-state index in [1.165, 1.54) is 0 Å². The second-order valence-corrected chi connectivity index (χ2v) is 5.31. The third kappa shape index (κ3) is 7.76. The number of anilines is 1. The molecule has 0 saturated carbocycles. The number of hydrogen-bond acceptors (Lipinski definition) is 2. The zero-order chi connectivity index (χ0) is 17.3. The lowest BCUT2D eigenvalue weighted by Crippen LogP contribution is -2.40. The lowest BCUT2D eigenvalue weighted by atomic mass is 10.2. The van der Waals surface area contributed by atoms with E-state index < -0.39 is 12.6 Å². The van der Waals surface area contributed by atoms with Gasteiger partial charge in [0.05, 0.1) is 13.0 Å². The maximum atomic E-state index is 12.2. The van der Waals surface area contributed by atoms with Crippen molar-refractivity contribution in [2.45, 2.75) is 32.5 Å². The normalized spacial score (nSPS) is 13.6. The summed E-state index contributed by atoms with van der Waals surface area (Å²) < 4.78 is 36.6. The molecule has 1 aromatic rings. The highest BCUT2D eigenvalue weighted by molar-refractivity contribution is 5.79. The summed E-state index contributed by atoms with van der Waals surface area (Å²) in [6, 6.07) is 10.0. The van der Waals surface area contributed by atoms with Crippen LogP contribution >= 0.6 is 0 Å². The van der Waals surface area contributed by atoms with Gasteiger partial charge in [-0.3, -0.25) is 4.99 Å². The van der Waals surface area contributed by atoms with E-state index >= 15 is 0 Å². The lowest BCUT2D eigenvalue weighted by molar-refractivity contribution is -0.132. The molecular weight excluding hydrogens is 305 g/mol. The molecule has 7 heteroatoms. The first-order valence-electron chi connectivity index (χ1n) is 7.70. The highest BCUT2D eigenvalue weighted by Crippen LogP contribution is 2.18. The molecule has 0 aromatic heterocycles. The third-order valence-electron chi connectivity index (χ3n) is 3.38. The molecule has 0 bridgehead atoms. The Kier molecular flexibility index (Phi) is 7.71. The molecule has 0 aliphatic heterocycles. The van der Waals surface area contributed by atoms with Crippen molar-refractivity contribution in [3.05, 3.63) is 30.3 Å². The Bertz CT molecular complexity index is 474. The molecule has 1 unspecified atom stereocenters. The SMILES string of the molecule is CCNC(=NCC(C)N(C)c1ccccc1)NCCC(F)(F)F. The number of benzene rings is 1. The van der Waals surface area contributed by atoms with Crippen molar-refractivity contribution in [1.29, 1.82) is 0 Å². The van der Waals surface area contributed by atoms with E-state index in [2.05, 4.69) is 20.5 Å². The molecule has 1 rings (SSSR count). The van der Waals surface area contributed by atoms with Gasteiger partial charge >= 0.3 is 6.18 Å². The minimum Gasteiger partial charge on any atom is -0.370 e. The first kappa shape index (κ1) is 19.1. The monoisotopic (exact) mass is 330 g/mol. The third-order valence-corrected chi connectivity index (χ3v) is 3.38. The Morgan fingerprint density at radius 1 is 1.22 bits per heavy atom. The molecule has 0 aliphatic rings. The number of guanidine groups is 1. The smallest absolute Gasteiger partial charge is 0.370 e. The minimum atomic E-state index is -4.16. The van der Waals surface area contributed by atoms with Crippen molar-refractivity contribution >= 4 is 11.6 Å². The van der Waals surface area contributed by atoms with E-state index in [-0.39, 0.29) is 12.6 Å². The van der Waals surface area contributed by atoms with Gasteiger partial charge in [0.25, 0.3) is 0 Å². The topological polar surface area (TPSA) is 39.7 Å². The molecule has 4 nitrogen and oxygen atoms in total. The second-order valence-electron chi connectivity index (χ2n) is 5.31. The summed E-state index contributed by atoms with van der Waals surface area (Å²) in [5.74, 6) is 0.407. The molecule has 0 spiro atoms. The van der Waals surface area contributed by atoms with Crippen LogP contribution < -0.4 is 15.5 Å². The van der Waals surface area contributed by atoms with E-state index in [4.69, 9.17) is 0 Å². The van der Waals surface area contributed by atoms with Crippen LogP contribution in [-0.4, -0.2) is 44.9 Å². The van der Waals surface area contributed by atoms with Gasteiger partial charge in [-0.25, -0.2) is 0 Å². The molecule has 0 amide bonds. The quantitative estimate of drug-likeness (QED) is 0.596. The van der Waals surface area contributed by atoms with Crippen LogP contribution in [0.5, 0.6) is 0 Å². The molecule has 2 N–H and O–H groups in total. The van der Waals surface area contributed by atoms with Gasteiger partial charge in [0.15, 0.2) is 5.96 Å². The Hall–Kier alpha value is -1.92. The number of alkyl halides is 3. The summed E-state index contributed by atoms with van der Waals surface area (Å²) >= 11 is 0. The fourth-order valence-corrected chi connectivity index (χ4v) is 1.93. The van der Waals surface area contributed by atoms with Crippen LogP contribution in [0.15, 0.2) is 35.3 Å². The van der Waals surface area contributed by atoms with Crippen molar-refractivity contribution in [3.63, 3.8) is 0 Å². The molecule has 0 radical (unpaired) electrons. The zero-order valence-corrected chi connectivity index (χ0v) is 13.8. The standard InChI is InChI=1S/C16H25F3N4/c1-4-20-15(21-11-10-16(17,18)19)22-12-13(2)23(3)14-8-6-5-7-9-14/h5-9,13H,4,10-12H2,1-3H3,(H2,20,21,22). The zero-order valence-electron chi connectivity index (χ0n) is 13.8. The van der Waals surface area contributed by atoms with Crippen LogP contribution in [0.1, 0.15) is 20.3 Å². The van der Waals surface area contributed by atoms with E-state index in [0.29, 0.717) is 19.0 Å². The van der Waals surface area contributed by atoms with E-state index in [0.717, 1.165) is 5.69 Å². The first-order valence-corrected chi connectivity index (χ1v) is 7.70. The maximum absolute atomic E-state index is 12.2. The Balaban J connectivity index is 2.55. The van der Waals surface area contributed by atoms with Crippen molar-refractivity contribution < 1.29 is 13.2 Å². The number of nitrogens with one attached hydrogen (secondary N) is 2. The summed E-state index contributed by atoms with van der Waals surface area (Å²) in [4.78, 5) is 6.45.